The van der Waals surface area contributed by atoms with E-state index in [0.717, 1.165) is 0 Å². The Bertz CT molecular complexity index is 1630. The molecule has 0 bridgehead atoms. The quantitative estimate of drug-likeness (QED) is 0.166. The van der Waals surface area contributed by atoms with Gasteiger partial charge in [-0.1, -0.05) is 18.2 Å². The highest BCUT2D eigenvalue weighted by molar-refractivity contribution is 6.24. The lowest BCUT2D eigenvalue weighted by Gasteiger charge is -2.50. The molecule has 1 fully saturated rings. The molecular formula is C31H34N4O9. The summed E-state index contributed by atoms with van der Waals surface area (Å²) in [6.45, 7) is 0.269. The molecule has 13 heteroatoms. The van der Waals surface area contributed by atoms with E-state index in [2.05, 4.69) is 10.6 Å². The van der Waals surface area contributed by atoms with Crippen LogP contribution in [0.5, 0.6) is 5.75 Å². The maximum atomic E-state index is 14.0. The van der Waals surface area contributed by atoms with E-state index < -0.39 is 64.1 Å². The lowest BCUT2D eigenvalue weighted by atomic mass is 9.57. The number of aliphatic hydroxyl groups excluding tert-OH is 3. The molecule has 2 aromatic rings. The number of amides is 3. The topological polar surface area (TPSA) is 223 Å². The summed E-state index contributed by atoms with van der Waals surface area (Å²) in [5.74, 6) is -7.08. The maximum Gasteiger partial charge on any atom is 0.319 e. The van der Waals surface area contributed by atoms with Crippen molar-refractivity contribution in [2.45, 2.75) is 30.9 Å². The summed E-state index contributed by atoms with van der Waals surface area (Å²) in [7, 11) is 3.09. The van der Waals surface area contributed by atoms with E-state index in [9.17, 15) is 39.6 Å². The van der Waals surface area contributed by atoms with E-state index in [0.29, 0.717) is 35.3 Å². The molecule has 0 saturated heterocycles. The third-order valence-electron chi connectivity index (χ3n) is 8.68. The number of urea groups is 1. The molecule has 0 aliphatic heterocycles. The lowest BCUT2D eigenvalue weighted by Crippen LogP contribution is -2.65. The first-order chi connectivity index (χ1) is 20.8. The minimum absolute atomic E-state index is 0.00995. The van der Waals surface area contributed by atoms with Gasteiger partial charge in [-0.2, -0.15) is 0 Å². The van der Waals surface area contributed by atoms with Gasteiger partial charge in [-0.15, -0.1) is 0 Å². The Hall–Kier alpha value is -4.72. The van der Waals surface area contributed by atoms with Crippen LogP contribution in [0, 0.1) is 11.8 Å². The van der Waals surface area contributed by atoms with Gasteiger partial charge in [-0.05, 0) is 74.2 Å². The average Bonchev–Trinajstić information content (AvgIpc) is 2.95. The molecule has 9 N–H and O–H groups in total. The number of primary amides is 1. The minimum atomic E-state index is -2.70. The summed E-state index contributed by atoms with van der Waals surface area (Å²) in [6, 6.07) is 8.26. The van der Waals surface area contributed by atoms with E-state index in [1.165, 1.54) is 11.0 Å². The average molecular weight is 607 g/mol. The van der Waals surface area contributed by atoms with Crippen LogP contribution in [0.25, 0.3) is 16.9 Å². The first-order valence-corrected chi connectivity index (χ1v) is 14.1. The van der Waals surface area contributed by atoms with Gasteiger partial charge >= 0.3 is 6.03 Å². The predicted molar refractivity (Wildman–Crippen MR) is 158 cm³/mol. The first-order valence-electron chi connectivity index (χ1n) is 14.1. The normalized spacial score (nSPS) is 24.5. The number of rotatable bonds is 7. The van der Waals surface area contributed by atoms with E-state index in [-0.39, 0.29) is 36.3 Å². The number of carbonyl (C=O) groups excluding carboxylic acids is 4. The third kappa shape index (κ3) is 4.78. The molecule has 4 unspecified atom stereocenters. The van der Waals surface area contributed by atoms with E-state index in [1.54, 1.807) is 44.4 Å². The van der Waals surface area contributed by atoms with E-state index in [1.807, 2.05) is 0 Å². The number of aromatic hydroxyl groups is 1. The zero-order chi connectivity index (χ0) is 32.1. The minimum Gasteiger partial charge on any atom is -0.508 e. The molecule has 232 valence electrons. The number of nitrogens with one attached hydrogen (secondary N) is 2. The first kappa shape index (κ1) is 30.7. The van der Waals surface area contributed by atoms with Crippen LogP contribution in [-0.2, 0) is 20.8 Å². The number of nitrogens with zero attached hydrogens (tertiary/aromatic N) is 1. The maximum absolute atomic E-state index is 14.0. The van der Waals surface area contributed by atoms with Crippen molar-refractivity contribution in [1.29, 1.82) is 0 Å². The number of anilines is 1. The molecule has 44 heavy (non-hydrogen) atoms. The Labute approximate surface area is 252 Å². The highest BCUT2D eigenvalue weighted by Crippen LogP contribution is 2.53. The van der Waals surface area contributed by atoms with Gasteiger partial charge in [0.05, 0.1) is 11.6 Å². The number of Topliss-reactive ketones (excluding diaryl/α,β-unsaturated/α-hetero) is 2. The van der Waals surface area contributed by atoms with Crippen molar-refractivity contribution in [1.82, 2.24) is 10.2 Å². The van der Waals surface area contributed by atoms with Gasteiger partial charge in [-0.25, -0.2) is 4.79 Å². The van der Waals surface area contributed by atoms with Crippen molar-refractivity contribution in [2.24, 2.45) is 17.6 Å². The smallest absolute Gasteiger partial charge is 0.319 e. The number of benzene rings is 2. The molecular weight excluding hydrogens is 572 g/mol. The second-order valence-electron chi connectivity index (χ2n) is 11.5. The second kappa shape index (κ2) is 11.4. The van der Waals surface area contributed by atoms with Crippen LogP contribution in [0.2, 0.25) is 0 Å². The molecule has 13 nitrogen and oxygen atoms in total. The van der Waals surface area contributed by atoms with Crippen LogP contribution in [-0.4, -0.2) is 92.8 Å². The summed E-state index contributed by atoms with van der Waals surface area (Å²) in [5, 5.41) is 59.2. The van der Waals surface area contributed by atoms with E-state index >= 15 is 0 Å². The number of phenols is 1. The molecule has 5 rings (SSSR count). The highest BCUT2D eigenvalue weighted by atomic mass is 16.3. The van der Waals surface area contributed by atoms with Crippen LogP contribution < -0.4 is 16.4 Å². The molecule has 3 amide bonds. The summed E-state index contributed by atoms with van der Waals surface area (Å²) in [5.41, 5.74) is 3.92. The number of carbonyl (C=O) groups is 4. The van der Waals surface area contributed by atoms with E-state index in [4.69, 9.17) is 10.8 Å². The summed E-state index contributed by atoms with van der Waals surface area (Å²) < 4.78 is 0. The Morgan fingerprint density at radius 1 is 1.07 bits per heavy atom. The Morgan fingerprint density at radius 3 is 2.36 bits per heavy atom. The molecule has 0 radical (unpaired) electrons. The molecule has 2 aromatic carbocycles. The van der Waals surface area contributed by atoms with Gasteiger partial charge in [0.25, 0.3) is 5.91 Å². The fourth-order valence-electron chi connectivity index (χ4n) is 6.70. The highest BCUT2D eigenvalue weighted by Gasteiger charge is 2.64. The summed E-state index contributed by atoms with van der Waals surface area (Å²) >= 11 is 0. The van der Waals surface area contributed by atoms with Crippen LogP contribution in [0.3, 0.4) is 0 Å². The number of hydrogen-bond donors (Lipinski definition) is 8. The van der Waals surface area contributed by atoms with Crippen molar-refractivity contribution in [3.63, 3.8) is 0 Å². The standard InChI is InChI=1S/C31H34N4O9/c1-35(2)24-19-13-15-12-18-17(14-4-6-16(7-5-14)34-30(43)33-10-3-11-36)8-9-20(37)22(18)25(38)21(15)27(40)31(19,44)28(41)23(26(24)39)29(32)42/h4-9,15,19,24,36-38,41,44H,3,10-13H2,1-2H3,(H2,32,42)(H2,33,34,43). The fraction of sp³-hybridized carbons (Fsp3) is 0.355. The molecule has 0 aromatic heterocycles. The predicted octanol–water partition coefficient (Wildman–Crippen LogP) is 1.13. The van der Waals surface area contributed by atoms with Gasteiger partial charge < -0.3 is 41.9 Å². The number of phenolic OH excluding ortho intramolecular Hbond substituents is 1. The Kier molecular flexibility index (Phi) is 7.97. The van der Waals surface area contributed by atoms with Gasteiger partial charge in [0, 0.05) is 30.3 Å². The third-order valence-corrected chi connectivity index (χ3v) is 8.68. The fourth-order valence-corrected chi connectivity index (χ4v) is 6.70. The number of aliphatic hydroxyl groups is 4. The number of hydrogen-bond acceptors (Lipinski definition) is 10. The lowest BCUT2D eigenvalue weighted by molar-refractivity contribution is -0.153. The van der Waals surface area contributed by atoms with Gasteiger partial charge in [0.2, 0.25) is 5.78 Å². The molecule has 4 atom stereocenters. The SMILES string of the molecule is CN(C)C1C(=O)C(C(N)=O)=C(O)C2(O)C(=O)C3=C(O)c4c(O)ccc(-c5ccc(NC(=O)NCCCO)cc5)c4CC3CC12. The van der Waals surface area contributed by atoms with Crippen molar-refractivity contribution < 1.29 is 44.7 Å². The zero-order valence-corrected chi connectivity index (χ0v) is 24.1. The molecule has 3 aliphatic rings. The number of ketones is 2. The number of nitrogens with two attached hydrogens (primary N) is 1. The van der Waals surface area contributed by atoms with Crippen LogP contribution in [0.4, 0.5) is 10.5 Å². The van der Waals surface area contributed by atoms with Crippen molar-refractivity contribution in [3.8, 4) is 16.9 Å². The largest absolute Gasteiger partial charge is 0.508 e. The molecule has 0 spiro atoms. The van der Waals surface area contributed by atoms with Crippen LogP contribution >= 0.6 is 0 Å². The monoisotopic (exact) mass is 606 g/mol. The Morgan fingerprint density at radius 2 is 1.75 bits per heavy atom. The van der Waals surface area contributed by atoms with Gasteiger partial charge in [0.1, 0.15) is 22.8 Å². The zero-order valence-electron chi connectivity index (χ0n) is 24.1. The van der Waals surface area contributed by atoms with Crippen LogP contribution in [0.15, 0.2) is 53.3 Å². The molecule has 0 heterocycles. The second-order valence-corrected chi connectivity index (χ2v) is 11.5. The summed E-state index contributed by atoms with van der Waals surface area (Å²) in [4.78, 5) is 52.9. The van der Waals surface area contributed by atoms with Crippen molar-refractivity contribution in [2.75, 3.05) is 32.6 Å². The van der Waals surface area contributed by atoms with Crippen molar-refractivity contribution in [3.05, 3.63) is 64.4 Å². The Balaban J connectivity index is 1.56. The summed E-state index contributed by atoms with van der Waals surface area (Å²) in [6.07, 6.45) is 0.549. The van der Waals surface area contributed by atoms with Crippen LogP contribution in [0.1, 0.15) is 24.0 Å². The van der Waals surface area contributed by atoms with Gasteiger partial charge in [-0.3, -0.25) is 19.3 Å². The molecule has 3 aliphatic carbocycles. The number of likely N-dealkylation sites (N-methyl/N-ethyl adjacent to an activating group) is 1. The van der Waals surface area contributed by atoms with Crippen molar-refractivity contribution >= 4 is 35.0 Å². The number of fused-ring (bicyclic) bond motifs is 3. The molecule has 1 saturated carbocycles. The van der Waals surface area contributed by atoms with Gasteiger partial charge in [0.15, 0.2) is 11.4 Å².